The molecular weight excluding hydrogens is 295 g/mol. The number of carboxylic acid groups (broad SMARTS) is 1. The predicted molar refractivity (Wildman–Crippen MR) is 68.6 cm³/mol. The second-order valence-corrected chi connectivity index (χ2v) is 5.39. The van der Waals surface area contributed by atoms with Gasteiger partial charge < -0.3 is 10.4 Å². The molecule has 2 unspecified atom stereocenters. The number of alkyl halides is 3. The average molecular weight is 311 g/mol. The number of halogens is 3. The number of hydrogen-bond donors (Lipinski definition) is 2. The van der Waals surface area contributed by atoms with E-state index in [2.05, 4.69) is 14.7 Å². The van der Waals surface area contributed by atoms with Crippen LogP contribution >= 0.6 is 11.5 Å². The number of aromatic nitrogens is 2. The summed E-state index contributed by atoms with van der Waals surface area (Å²) in [6, 6.07) is -0.0926. The minimum absolute atomic E-state index is 0.0926. The van der Waals surface area contributed by atoms with Crippen LogP contribution in [0.15, 0.2) is 0 Å². The largest absolute Gasteiger partial charge is 0.481 e. The van der Waals surface area contributed by atoms with Crippen LogP contribution in [0.2, 0.25) is 0 Å². The van der Waals surface area contributed by atoms with Crippen molar-refractivity contribution in [2.75, 3.05) is 5.32 Å². The number of aliphatic carboxylic acids is 1. The lowest BCUT2D eigenvalue weighted by Crippen LogP contribution is -2.16. The molecule has 0 saturated heterocycles. The molecule has 1 aromatic heterocycles. The summed E-state index contributed by atoms with van der Waals surface area (Å²) >= 11 is 0.663. The van der Waals surface area contributed by atoms with E-state index in [0.29, 0.717) is 30.8 Å². The molecule has 2 atom stereocenters. The maximum atomic E-state index is 12.3. The van der Waals surface area contributed by atoms with Crippen molar-refractivity contribution < 1.29 is 23.1 Å². The molecule has 1 aromatic rings. The number of anilines is 1. The van der Waals surface area contributed by atoms with Crippen LogP contribution in [-0.4, -0.2) is 26.5 Å². The molecule has 0 radical (unpaired) electrons. The summed E-state index contributed by atoms with van der Waals surface area (Å²) in [6.07, 6.45) is -2.67. The highest BCUT2D eigenvalue weighted by molar-refractivity contribution is 7.09. The number of hydrogen-bond acceptors (Lipinski definition) is 5. The fraction of sp³-hybridized carbons (Fsp3) is 0.727. The Morgan fingerprint density at radius 3 is 2.55 bits per heavy atom. The lowest BCUT2D eigenvalue weighted by atomic mass is 10.0. The minimum atomic E-state index is -4.53. The Bertz CT molecular complexity index is 450. The normalized spacial score (nSPS) is 14.8. The molecule has 1 heterocycles. The second kappa shape index (κ2) is 6.87. The van der Waals surface area contributed by atoms with Gasteiger partial charge in [-0.2, -0.15) is 22.5 Å². The number of nitrogens with zero attached hydrogens (tertiary/aromatic N) is 2. The van der Waals surface area contributed by atoms with Crippen LogP contribution in [0.25, 0.3) is 0 Å². The van der Waals surface area contributed by atoms with Gasteiger partial charge in [0.2, 0.25) is 11.0 Å². The van der Waals surface area contributed by atoms with Gasteiger partial charge in [0.15, 0.2) is 0 Å². The van der Waals surface area contributed by atoms with Crippen molar-refractivity contribution in [2.24, 2.45) is 5.92 Å². The molecule has 0 saturated carbocycles. The van der Waals surface area contributed by atoms with Crippen molar-refractivity contribution in [1.29, 1.82) is 0 Å². The van der Waals surface area contributed by atoms with Gasteiger partial charge in [-0.05, 0) is 19.8 Å². The van der Waals surface area contributed by atoms with E-state index in [1.165, 1.54) is 0 Å². The zero-order valence-electron chi connectivity index (χ0n) is 11.1. The summed E-state index contributed by atoms with van der Waals surface area (Å²) in [4.78, 5) is 14.0. The van der Waals surface area contributed by atoms with E-state index in [1.807, 2.05) is 0 Å². The van der Waals surface area contributed by atoms with Gasteiger partial charge in [0.1, 0.15) is 0 Å². The van der Waals surface area contributed by atoms with Gasteiger partial charge in [-0.3, -0.25) is 4.79 Å². The molecule has 5 nitrogen and oxygen atoms in total. The second-order valence-electron chi connectivity index (χ2n) is 4.64. The van der Waals surface area contributed by atoms with Gasteiger partial charge >= 0.3 is 12.1 Å². The topological polar surface area (TPSA) is 75.1 Å². The third-order valence-corrected chi connectivity index (χ3v) is 3.39. The Balaban J connectivity index is 2.37. The maximum absolute atomic E-state index is 12.3. The monoisotopic (exact) mass is 311 g/mol. The van der Waals surface area contributed by atoms with E-state index in [4.69, 9.17) is 5.11 Å². The number of carbonyl (C=O) groups is 1. The van der Waals surface area contributed by atoms with Crippen molar-refractivity contribution in [3.8, 4) is 0 Å². The zero-order valence-corrected chi connectivity index (χ0v) is 11.9. The van der Waals surface area contributed by atoms with E-state index in [-0.39, 0.29) is 11.2 Å². The lowest BCUT2D eigenvalue weighted by Gasteiger charge is -2.13. The van der Waals surface area contributed by atoms with Crippen LogP contribution in [0.3, 0.4) is 0 Å². The molecule has 114 valence electrons. The van der Waals surface area contributed by atoms with Gasteiger partial charge in [0.25, 0.3) is 0 Å². The minimum Gasteiger partial charge on any atom is -0.481 e. The van der Waals surface area contributed by atoms with Crippen LogP contribution in [0.4, 0.5) is 18.3 Å². The van der Waals surface area contributed by atoms with Crippen molar-refractivity contribution in [1.82, 2.24) is 9.36 Å². The Labute approximate surface area is 118 Å². The third-order valence-electron chi connectivity index (χ3n) is 2.75. The molecule has 0 aromatic carbocycles. The fourth-order valence-corrected chi connectivity index (χ4v) is 2.23. The molecule has 2 N–H and O–H groups in total. The summed E-state index contributed by atoms with van der Waals surface area (Å²) in [7, 11) is 0. The quantitative estimate of drug-likeness (QED) is 0.808. The van der Waals surface area contributed by atoms with Crippen LogP contribution < -0.4 is 5.32 Å². The Kier molecular flexibility index (Phi) is 5.73. The smallest absolute Gasteiger partial charge is 0.452 e. The molecule has 0 spiro atoms. The summed E-state index contributed by atoms with van der Waals surface area (Å²) < 4.78 is 40.1. The summed E-state index contributed by atoms with van der Waals surface area (Å²) in [6.45, 7) is 3.43. The van der Waals surface area contributed by atoms with Crippen LogP contribution in [-0.2, 0) is 11.0 Å². The van der Waals surface area contributed by atoms with Crippen molar-refractivity contribution in [3.05, 3.63) is 5.82 Å². The van der Waals surface area contributed by atoms with Crippen molar-refractivity contribution >= 4 is 22.6 Å². The molecule has 0 bridgehead atoms. The predicted octanol–water partition coefficient (Wildman–Crippen LogP) is 3.25. The third kappa shape index (κ3) is 5.32. The maximum Gasteiger partial charge on any atom is 0.452 e. The molecule has 20 heavy (non-hydrogen) atoms. The van der Waals surface area contributed by atoms with E-state index < -0.39 is 23.9 Å². The van der Waals surface area contributed by atoms with Crippen molar-refractivity contribution in [2.45, 2.75) is 45.3 Å². The molecule has 0 aliphatic heterocycles. The number of rotatable bonds is 7. The molecule has 0 fully saturated rings. The molecular formula is C11H16F3N3O2S. The van der Waals surface area contributed by atoms with Crippen LogP contribution in [0.1, 0.15) is 38.9 Å². The standard InChI is InChI=1S/C11H16F3N3O2S/c1-6(8(18)19)4-3-5-7(2)15-10-16-9(17-20-10)11(12,13)14/h6-7H,3-5H2,1-2H3,(H,18,19)(H,15,16,17). The van der Waals surface area contributed by atoms with E-state index in [0.717, 1.165) is 0 Å². The molecule has 0 amide bonds. The van der Waals surface area contributed by atoms with Gasteiger partial charge in [-0.1, -0.05) is 13.3 Å². The van der Waals surface area contributed by atoms with E-state index in [1.54, 1.807) is 13.8 Å². The van der Waals surface area contributed by atoms with E-state index in [9.17, 15) is 18.0 Å². The first-order valence-corrected chi connectivity index (χ1v) is 6.87. The van der Waals surface area contributed by atoms with Crippen LogP contribution in [0, 0.1) is 5.92 Å². The van der Waals surface area contributed by atoms with Gasteiger partial charge in [0, 0.05) is 17.6 Å². The molecule has 1 rings (SSSR count). The number of carboxylic acids is 1. The van der Waals surface area contributed by atoms with Crippen LogP contribution in [0.5, 0.6) is 0 Å². The SMILES string of the molecule is CC(CCCC(C)C(=O)O)Nc1nc(C(F)(F)F)ns1. The average Bonchev–Trinajstić information content (AvgIpc) is 2.76. The zero-order chi connectivity index (χ0) is 15.3. The van der Waals surface area contributed by atoms with Gasteiger partial charge in [-0.15, -0.1) is 0 Å². The summed E-state index contributed by atoms with van der Waals surface area (Å²) in [5.74, 6) is -2.40. The molecule has 0 aliphatic carbocycles. The van der Waals surface area contributed by atoms with Gasteiger partial charge in [-0.25, -0.2) is 0 Å². The first-order valence-electron chi connectivity index (χ1n) is 6.10. The first-order chi connectivity index (χ1) is 9.20. The number of nitrogens with one attached hydrogen (secondary N) is 1. The summed E-state index contributed by atoms with van der Waals surface area (Å²) in [5.41, 5.74) is 0. The highest BCUT2D eigenvalue weighted by atomic mass is 32.1. The van der Waals surface area contributed by atoms with Crippen molar-refractivity contribution in [3.63, 3.8) is 0 Å². The Hall–Kier alpha value is -1.38. The first kappa shape index (κ1) is 16.7. The fourth-order valence-electron chi connectivity index (χ4n) is 1.53. The Morgan fingerprint density at radius 1 is 1.40 bits per heavy atom. The molecule has 9 heteroatoms. The summed E-state index contributed by atoms with van der Waals surface area (Å²) in [5, 5.41) is 11.7. The lowest BCUT2D eigenvalue weighted by molar-refractivity contribution is -0.144. The molecule has 0 aliphatic rings. The van der Waals surface area contributed by atoms with E-state index >= 15 is 0 Å². The van der Waals surface area contributed by atoms with Gasteiger partial charge in [0.05, 0.1) is 5.92 Å². The highest BCUT2D eigenvalue weighted by Crippen LogP contribution is 2.29. The Morgan fingerprint density at radius 2 is 2.05 bits per heavy atom. The highest BCUT2D eigenvalue weighted by Gasteiger charge is 2.36.